The molecule has 3 aromatic carbocycles. The number of cyclic esters (lactones) is 1. The minimum Gasteiger partial charge on any atom is -0.493 e. The molecule has 2 heterocycles. The van der Waals surface area contributed by atoms with Crippen LogP contribution in [0.5, 0.6) is 28.7 Å². The van der Waals surface area contributed by atoms with Gasteiger partial charge in [-0.05, 0) is 71.6 Å². The molecule has 0 unspecified atom stereocenters. The lowest BCUT2D eigenvalue weighted by Crippen LogP contribution is -2.31. The summed E-state index contributed by atoms with van der Waals surface area (Å²) in [7, 11) is -1.43. The summed E-state index contributed by atoms with van der Waals surface area (Å²) in [5, 5.41) is 0.391. The number of carbonyl (C=O) groups is 1. The molecule has 38 heavy (non-hydrogen) atoms. The van der Waals surface area contributed by atoms with E-state index in [0.29, 0.717) is 35.1 Å². The second-order valence-corrected chi connectivity index (χ2v) is 11.2. The van der Waals surface area contributed by atoms with Gasteiger partial charge >= 0.3 is 16.1 Å². The number of hydrogen-bond donors (Lipinski definition) is 0. The van der Waals surface area contributed by atoms with Crippen LogP contribution in [0.3, 0.4) is 0 Å². The van der Waals surface area contributed by atoms with Gasteiger partial charge in [0.25, 0.3) is 0 Å². The maximum atomic E-state index is 13.0. The van der Waals surface area contributed by atoms with Crippen molar-refractivity contribution >= 4 is 27.7 Å². The first-order valence-corrected chi connectivity index (χ1v) is 13.6. The van der Waals surface area contributed by atoms with Crippen LogP contribution >= 0.6 is 11.6 Å². The van der Waals surface area contributed by atoms with Crippen molar-refractivity contribution in [3.05, 3.63) is 70.2 Å². The summed E-state index contributed by atoms with van der Waals surface area (Å²) < 4.78 is 59.4. The van der Waals surface area contributed by atoms with Gasteiger partial charge in [0.2, 0.25) is 12.5 Å². The Bertz CT molecular complexity index is 1510. The number of ether oxygens (including phenoxy) is 5. The van der Waals surface area contributed by atoms with Crippen LogP contribution in [0, 0.1) is 11.8 Å². The molecule has 0 saturated carbocycles. The van der Waals surface area contributed by atoms with Crippen LogP contribution in [0.15, 0.2) is 53.4 Å². The molecule has 0 bridgehead atoms. The van der Waals surface area contributed by atoms with Crippen molar-refractivity contribution in [3.63, 3.8) is 0 Å². The number of esters is 1. The molecule has 0 amide bonds. The van der Waals surface area contributed by atoms with Crippen molar-refractivity contribution in [2.75, 3.05) is 27.6 Å². The fraction of sp³-hybridized carbons (Fsp3) is 0.296. The first kappa shape index (κ1) is 24.7. The first-order valence-electron chi connectivity index (χ1n) is 11.8. The maximum Gasteiger partial charge on any atom is 0.339 e. The fourth-order valence-electron chi connectivity index (χ4n) is 5.43. The molecule has 6 rings (SSSR count). The number of rotatable bonds is 6. The smallest absolute Gasteiger partial charge is 0.339 e. The van der Waals surface area contributed by atoms with Gasteiger partial charge in [-0.3, -0.25) is 4.79 Å². The van der Waals surface area contributed by atoms with Crippen LogP contribution in [-0.4, -0.2) is 42.0 Å². The Morgan fingerprint density at radius 3 is 2.24 bits per heavy atom. The van der Waals surface area contributed by atoms with E-state index in [1.165, 1.54) is 38.5 Å². The quantitative estimate of drug-likeness (QED) is 0.323. The predicted molar refractivity (Wildman–Crippen MR) is 135 cm³/mol. The number of methoxy groups -OCH3 is 2. The van der Waals surface area contributed by atoms with Gasteiger partial charge in [-0.25, -0.2) is 0 Å². The topological polar surface area (TPSA) is 107 Å². The third-order valence-corrected chi connectivity index (χ3v) is 8.66. The Morgan fingerprint density at radius 2 is 1.58 bits per heavy atom. The molecule has 3 aromatic rings. The van der Waals surface area contributed by atoms with Crippen LogP contribution in [-0.2, 0) is 26.1 Å². The molecule has 11 heteroatoms. The SMILES string of the molecule is COc1cc([C@@H]2c3cc4c(cc3C[C@H]3COC(=O)[C@@H]32)OCO4)cc(OC)c1OS(=O)(=O)c1ccc(Cl)cc1. The van der Waals surface area contributed by atoms with Crippen molar-refractivity contribution < 1.29 is 41.1 Å². The molecule has 3 aliphatic rings. The molecule has 0 aromatic heterocycles. The van der Waals surface area contributed by atoms with E-state index < -0.39 is 22.0 Å². The van der Waals surface area contributed by atoms with E-state index in [1.54, 1.807) is 12.1 Å². The van der Waals surface area contributed by atoms with Crippen molar-refractivity contribution in [3.8, 4) is 28.7 Å². The largest absolute Gasteiger partial charge is 0.493 e. The summed E-state index contributed by atoms with van der Waals surface area (Å²) in [4.78, 5) is 12.8. The highest BCUT2D eigenvalue weighted by molar-refractivity contribution is 7.87. The highest BCUT2D eigenvalue weighted by Gasteiger charge is 2.48. The van der Waals surface area contributed by atoms with Gasteiger partial charge in [-0.1, -0.05) is 11.6 Å². The van der Waals surface area contributed by atoms with Crippen molar-refractivity contribution in [1.29, 1.82) is 0 Å². The lowest BCUT2D eigenvalue weighted by molar-refractivity contribution is -0.141. The monoisotopic (exact) mass is 558 g/mol. The fourth-order valence-corrected chi connectivity index (χ4v) is 6.50. The zero-order valence-electron chi connectivity index (χ0n) is 20.4. The zero-order valence-corrected chi connectivity index (χ0v) is 22.0. The van der Waals surface area contributed by atoms with E-state index in [0.717, 1.165) is 11.1 Å². The molecular weight excluding hydrogens is 536 g/mol. The van der Waals surface area contributed by atoms with Gasteiger partial charge in [0.05, 0.1) is 26.7 Å². The molecule has 0 N–H and O–H groups in total. The molecule has 3 atom stereocenters. The molecular formula is C27H23ClO9S. The van der Waals surface area contributed by atoms with Gasteiger partial charge in [0, 0.05) is 16.9 Å². The average molecular weight is 559 g/mol. The van der Waals surface area contributed by atoms with Gasteiger partial charge in [-0.15, -0.1) is 0 Å². The number of carbonyl (C=O) groups excluding carboxylic acids is 1. The van der Waals surface area contributed by atoms with Crippen LogP contribution in [0.2, 0.25) is 5.02 Å². The van der Waals surface area contributed by atoms with Gasteiger partial charge in [0.15, 0.2) is 23.0 Å². The summed E-state index contributed by atoms with van der Waals surface area (Å²) in [6, 6.07) is 12.8. The Kier molecular flexibility index (Phi) is 6.03. The molecule has 0 spiro atoms. The van der Waals surface area contributed by atoms with Crippen molar-refractivity contribution in [1.82, 2.24) is 0 Å². The number of halogens is 1. The predicted octanol–water partition coefficient (Wildman–Crippen LogP) is 4.33. The molecule has 1 aliphatic carbocycles. The van der Waals surface area contributed by atoms with Gasteiger partial charge < -0.3 is 27.9 Å². The minimum atomic E-state index is -4.23. The van der Waals surface area contributed by atoms with E-state index in [4.69, 9.17) is 39.5 Å². The molecule has 1 fully saturated rings. The van der Waals surface area contributed by atoms with E-state index in [2.05, 4.69) is 0 Å². The highest BCUT2D eigenvalue weighted by atomic mass is 35.5. The Labute approximate surface area is 224 Å². The van der Waals surface area contributed by atoms with Crippen LogP contribution < -0.4 is 23.1 Å². The Balaban J connectivity index is 1.46. The maximum absolute atomic E-state index is 13.0. The molecule has 9 nitrogen and oxygen atoms in total. The zero-order chi connectivity index (χ0) is 26.6. The second kappa shape index (κ2) is 9.28. The number of benzene rings is 3. The Hall–Kier alpha value is -3.63. The van der Waals surface area contributed by atoms with Crippen LogP contribution in [0.25, 0.3) is 0 Å². The highest BCUT2D eigenvalue weighted by Crippen LogP contribution is 2.52. The van der Waals surface area contributed by atoms with E-state index in [9.17, 15) is 13.2 Å². The summed E-state index contributed by atoms with van der Waals surface area (Å²) >= 11 is 5.90. The summed E-state index contributed by atoms with van der Waals surface area (Å²) in [6.45, 7) is 0.455. The van der Waals surface area contributed by atoms with Gasteiger partial charge in [0.1, 0.15) is 4.90 Å². The third kappa shape index (κ3) is 4.08. The van der Waals surface area contributed by atoms with Crippen LogP contribution in [0.4, 0.5) is 0 Å². The molecule has 0 radical (unpaired) electrons. The number of fused-ring (bicyclic) bond motifs is 3. The minimum absolute atomic E-state index is 0.0291. The van der Waals surface area contributed by atoms with Gasteiger partial charge in [-0.2, -0.15) is 8.42 Å². The summed E-state index contributed by atoms with van der Waals surface area (Å²) in [6.07, 6.45) is 0.660. The summed E-state index contributed by atoms with van der Waals surface area (Å²) in [5.74, 6) is 0.246. The standard InChI is InChI=1S/C27H23ClO9S/c1-32-22-9-15(10-23(33-2)26(22)37-38(30,31)18-5-3-17(28)4-6-18)24-19-11-21-20(35-13-36-21)8-14(19)7-16-12-34-27(29)25(16)24/h3-6,8-11,16,24-25H,7,12-13H2,1-2H3/t16-,24+,25-/m0/s1. The van der Waals surface area contributed by atoms with Crippen molar-refractivity contribution in [2.45, 2.75) is 17.2 Å². The Morgan fingerprint density at radius 1 is 0.921 bits per heavy atom. The average Bonchev–Trinajstić information content (AvgIpc) is 3.52. The summed E-state index contributed by atoms with van der Waals surface area (Å²) in [5.41, 5.74) is 2.62. The van der Waals surface area contributed by atoms with Crippen molar-refractivity contribution in [2.24, 2.45) is 11.8 Å². The normalized spacial score (nSPS) is 21.3. The number of hydrogen-bond acceptors (Lipinski definition) is 9. The lowest BCUT2D eigenvalue weighted by atomic mass is 9.67. The molecule has 1 saturated heterocycles. The first-order chi connectivity index (χ1) is 18.3. The van der Waals surface area contributed by atoms with E-state index in [1.807, 2.05) is 12.1 Å². The molecule has 198 valence electrons. The lowest BCUT2D eigenvalue weighted by Gasteiger charge is -2.34. The molecule has 2 aliphatic heterocycles. The van der Waals surface area contributed by atoms with E-state index >= 15 is 0 Å². The van der Waals surface area contributed by atoms with E-state index in [-0.39, 0.29) is 40.8 Å². The third-order valence-electron chi connectivity index (χ3n) is 7.17. The van der Waals surface area contributed by atoms with Crippen LogP contribution in [0.1, 0.15) is 22.6 Å². The second-order valence-electron chi connectivity index (χ2n) is 9.25.